The van der Waals surface area contributed by atoms with E-state index in [0.717, 1.165) is 0 Å². The highest BCUT2D eigenvalue weighted by molar-refractivity contribution is 5.70. The fourth-order valence-corrected chi connectivity index (χ4v) is 0.507. The van der Waals surface area contributed by atoms with Crippen LogP contribution < -0.4 is 11.5 Å². The number of aliphatic carboxylic acids is 2. The van der Waals surface area contributed by atoms with Crippen molar-refractivity contribution in [3.8, 4) is 0 Å². The number of aliphatic hydroxyl groups excluding tert-OH is 2. The lowest BCUT2D eigenvalue weighted by atomic mass is 10.2. The maximum atomic E-state index is 9.92. The van der Waals surface area contributed by atoms with Crippen LogP contribution in [0.1, 0.15) is 0 Å². The third kappa shape index (κ3) is 8.12. The molecule has 0 saturated carbocycles. The van der Waals surface area contributed by atoms with Crippen molar-refractivity contribution in [1.29, 1.82) is 0 Å². The Balaban J connectivity index is 0. The largest absolute Gasteiger partial charge is 0.481 e. The van der Waals surface area contributed by atoms with Crippen LogP contribution in [0.4, 0.5) is 0 Å². The van der Waals surface area contributed by atoms with Gasteiger partial charge in [0.15, 0.2) is 0 Å². The first kappa shape index (κ1) is 17.2. The predicted molar refractivity (Wildman–Crippen MR) is 54.5 cm³/mol. The molecule has 0 fully saturated rings. The molecule has 0 bridgehead atoms. The first-order valence-corrected chi connectivity index (χ1v) is 4.51. The summed E-state index contributed by atoms with van der Waals surface area (Å²) >= 11 is 0. The maximum Gasteiger partial charge on any atom is 0.310 e. The molecule has 0 aliphatic carbocycles. The molecule has 0 aromatic carbocycles. The normalized spacial score (nSPS) is 13.2. The lowest BCUT2D eigenvalue weighted by molar-refractivity contribution is -0.143. The van der Waals surface area contributed by atoms with Crippen LogP contribution in [0.25, 0.3) is 0 Å². The fraction of sp³-hybridized carbons (Fsp3) is 0.750. The van der Waals surface area contributed by atoms with E-state index in [1.807, 2.05) is 0 Å². The van der Waals surface area contributed by atoms with Crippen molar-refractivity contribution in [2.75, 3.05) is 26.3 Å². The standard InChI is InChI=1S/2C4H9NO3/c2*5-1-3(2-6)4(7)8/h2*3,6H,1-2,5H2,(H,7,8)/t2*3-/m00/s1. The maximum absolute atomic E-state index is 9.92. The summed E-state index contributed by atoms with van der Waals surface area (Å²) in [4.78, 5) is 19.8. The lowest BCUT2D eigenvalue weighted by Crippen LogP contribution is -2.26. The van der Waals surface area contributed by atoms with Gasteiger partial charge in [0.1, 0.15) is 0 Å². The van der Waals surface area contributed by atoms with Gasteiger partial charge >= 0.3 is 11.9 Å². The van der Waals surface area contributed by atoms with Crippen molar-refractivity contribution in [2.24, 2.45) is 23.3 Å². The van der Waals surface area contributed by atoms with Gasteiger partial charge in [0.25, 0.3) is 0 Å². The SMILES string of the molecule is NC[C@@H](CO)C(=O)O.NC[C@@H](CO)C(=O)O. The van der Waals surface area contributed by atoms with Gasteiger partial charge < -0.3 is 31.9 Å². The van der Waals surface area contributed by atoms with Crippen LogP contribution in [0.5, 0.6) is 0 Å². The van der Waals surface area contributed by atoms with Gasteiger partial charge in [-0.15, -0.1) is 0 Å². The molecule has 2 atom stereocenters. The van der Waals surface area contributed by atoms with E-state index in [0.29, 0.717) is 0 Å². The van der Waals surface area contributed by atoms with Crippen molar-refractivity contribution in [1.82, 2.24) is 0 Å². The zero-order chi connectivity index (χ0) is 13.1. The van der Waals surface area contributed by atoms with E-state index in [9.17, 15) is 9.59 Å². The minimum absolute atomic E-state index is 0.00810. The van der Waals surface area contributed by atoms with Crippen LogP contribution in [0.15, 0.2) is 0 Å². The molecule has 96 valence electrons. The van der Waals surface area contributed by atoms with Crippen molar-refractivity contribution < 1.29 is 30.0 Å². The van der Waals surface area contributed by atoms with Crippen molar-refractivity contribution in [3.63, 3.8) is 0 Å². The number of nitrogens with two attached hydrogens (primary N) is 2. The van der Waals surface area contributed by atoms with Crippen LogP contribution in [-0.4, -0.2) is 58.7 Å². The minimum atomic E-state index is -1.05. The Morgan fingerprint density at radius 2 is 1.12 bits per heavy atom. The molecule has 0 aliphatic rings. The number of carboxylic acids is 2. The highest BCUT2D eigenvalue weighted by Crippen LogP contribution is 1.89. The Kier molecular flexibility index (Phi) is 11.1. The summed E-state index contributed by atoms with van der Waals surface area (Å²) in [6.45, 7) is -0.782. The molecule has 16 heavy (non-hydrogen) atoms. The molecule has 8 nitrogen and oxygen atoms in total. The summed E-state index contributed by atoms with van der Waals surface area (Å²) in [7, 11) is 0. The lowest BCUT2D eigenvalue weighted by Gasteiger charge is -2.01. The van der Waals surface area contributed by atoms with Crippen molar-refractivity contribution in [2.45, 2.75) is 0 Å². The fourth-order valence-electron chi connectivity index (χ4n) is 0.507. The highest BCUT2D eigenvalue weighted by atomic mass is 16.4. The van der Waals surface area contributed by atoms with Gasteiger partial charge in [0, 0.05) is 13.1 Å². The molecule has 8 heteroatoms. The molecule has 0 aromatic heterocycles. The van der Waals surface area contributed by atoms with E-state index in [1.54, 1.807) is 0 Å². The second-order valence-corrected chi connectivity index (χ2v) is 2.91. The van der Waals surface area contributed by atoms with E-state index in [1.165, 1.54) is 0 Å². The monoisotopic (exact) mass is 238 g/mol. The molecule has 0 heterocycles. The molecule has 8 N–H and O–H groups in total. The van der Waals surface area contributed by atoms with Crippen LogP contribution in [0.2, 0.25) is 0 Å². The number of carbonyl (C=O) groups is 2. The molecular formula is C8H18N2O6. The summed E-state index contributed by atoms with van der Waals surface area (Å²) in [5, 5.41) is 32.7. The second-order valence-electron chi connectivity index (χ2n) is 2.91. The number of rotatable bonds is 6. The van der Waals surface area contributed by atoms with Gasteiger partial charge in [-0.2, -0.15) is 0 Å². The quantitative estimate of drug-likeness (QED) is 0.290. The first-order chi connectivity index (χ1) is 7.44. The van der Waals surface area contributed by atoms with E-state index in [2.05, 4.69) is 0 Å². The zero-order valence-corrected chi connectivity index (χ0v) is 8.74. The number of carboxylic acid groups (broad SMARTS) is 2. The summed E-state index contributed by atoms with van der Waals surface area (Å²) in [5.41, 5.74) is 9.89. The number of aliphatic hydroxyl groups is 2. The highest BCUT2D eigenvalue weighted by Gasteiger charge is 2.12. The van der Waals surface area contributed by atoms with Gasteiger partial charge in [0.2, 0.25) is 0 Å². The molecule has 0 unspecified atom stereocenters. The third-order valence-corrected chi connectivity index (χ3v) is 1.71. The van der Waals surface area contributed by atoms with Crippen molar-refractivity contribution >= 4 is 11.9 Å². The predicted octanol–water partition coefficient (Wildman–Crippen LogP) is -2.72. The van der Waals surface area contributed by atoms with E-state index in [-0.39, 0.29) is 26.3 Å². The van der Waals surface area contributed by atoms with Gasteiger partial charge in [-0.3, -0.25) is 9.59 Å². The topological polar surface area (TPSA) is 167 Å². The van der Waals surface area contributed by atoms with Crippen molar-refractivity contribution in [3.05, 3.63) is 0 Å². The second kappa shape index (κ2) is 10.3. The van der Waals surface area contributed by atoms with Gasteiger partial charge in [-0.1, -0.05) is 0 Å². The van der Waals surface area contributed by atoms with Crippen LogP contribution in [0, 0.1) is 11.8 Å². The molecule has 0 rings (SSSR count). The van der Waals surface area contributed by atoms with Crippen LogP contribution >= 0.6 is 0 Å². The summed E-state index contributed by atoms with van der Waals surface area (Å²) in [6.07, 6.45) is 0. The molecule has 0 radical (unpaired) electrons. The molecule has 0 aromatic rings. The molecule has 0 amide bonds. The Morgan fingerprint density at radius 1 is 0.875 bits per heavy atom. The Hall–Kier alpha value is -1.22. The molecule has 0 aliphatic heterocycles. The summed E-state index contributed by atoms with van der Waals surface area (Å²) in [5.74, 6) is -3.69. The average molecular weight is 238 g/mol. The smallest absolute Gasteiger partial charge is 0.310 e. The Morgan fingerprint density at radius 3 is 1.12 bits per heavy atom. The van der Waals surface area contributed by atoms with Gasteiger partial charge in [0.05, 0.1) is 25.0 Å². The van der Waals surface area contributed by atoms with Crippen LogP contribution in [-0.2, 0) is 9.59 Å². The van der Waals surface area contributed by atoms with Gasteiger partial charge in [-0.25, -0.2) is 0 Å². The molecule has 0 spiro atoms. The zero-order valence-electron chi connectivity index (χ0n) is 8.74. The van der Waals surface area contributed by atoms with E-state index >= 15 is 0 Å². The minimum Gasteiger partial charge on any atom is -0.481 e. The van der Waals surface area contributed by atoms with E-state index < -0.39 is 23.8 Å². The Labute approximate surface area is 92.5 Å². The van der Waals surface area contributed by atoms with E-state index in [4.69, 9.17) is 31.9 Å². The third-order valence-electron chi connectivity index (χ3n) is 1.71. The average Bonchev–Trinajstić information content (AvgIpc) is 2.21. The molecular weight excluding hydrogens is 220 g/mol. The molecule has 0 saturated heterocycles. The Bertz CT molecular complexity index is 181. The number of hydrogen-bond acceptors (Lipinski definition) is 6. The number of hydrogen-bond donors (Lipinski definition) is 6. The van der Waals surface area contributed by atoms with Gasteiger partial charge in [-0.05, 0) is 0 Å². The summed E-state index contributed by atoms with van der Waals surface area (Å²) < 4.78 is 0. The summed E-state index contributed by atoms with van der Waals surface area (Å²) in [6, 6.07) is 0. The first-order valence-electron chi connectivity index (χ1n) is 4.51. The van der Waals surface area contributed by atoms with Crippen LogP contribution in [0.3, 0.4) is 0 Å².